The molecule has 0 spiro atoms. The highest BCUT2D eigenvalue weighted by atomic mass is 16.6. The lowest BCUT2D eigenvalue weighted by Gasteiger charge is -2.10. The van der Waals surface area contributed by atoms with Gasteiger partial charge in [0.1, 0.15) is 5.75 Å². The fourth-order valence-electron chi connectivity index (χ4n) is 2.54. The van der Waals surface area contributed by atoms with Crippen molar-refractivity contribution in [2.45, 2.75) is 12.8 Å². The zero-order chi connectivity index (χ0) is 12.9. The molecule has 94 valence electrons. The number of hydrogen-bond donors (Lipinski definition) is 1. The molecular weight excluding hydrogens is 240 g/mol. The van der Waals surface area contributed by atoms with Crippen LogP contribution in [-0.4, -0.2) is 24.0 Å². The third kappa shape index (κ3) is 1.27. The number of rotatable bonds is 2. The number of fused-ring (bicyclic) bond motifs is 2. The standard InChI is InChI=1S/C11H10N2O5/c12-11(14)7-5-1-3-18-10(5)8(13(15)16)6-2-4-17-9(6)7/h1-4H2,(H2,12,14). The molecule has 2 aliphatic heterocycles. The predicted octanol–water partition coefficient (Wildman–Crippen LogP) is 0.563. The van der Waals surface area contributed by atoms with E-state index in [1.807, 2.05) is 0 Å². The van der Waals surface area contributed by atoms with Gasteiger partial charge in [0.25, 0.3) is 5.91 Å². The van der Waals surface area contributed by atoms with E-state index in [-0.39, 0.29) is 22.7 Å². The molecule has 7 heteroatoms. The number of nitro benzene ring substituents is 1. The van der Waals surface area contributed by atoms with Gasteiger partial charge in [-0.2, -0.15) is 0 Å². The molecule has 18 heavy (non-hydrogen) atoms. The van der Waals surface area contributed by atoms with E-state index < -0.39 is 10.8 Å². The van der Waals surface area contributed by atoms with E-state index in [9.17, 15) is 14.9 Å². The maximum absolute atomic E-state index is 11.5. The molecule has 0 saturated heterocycles. The Morgan fingerprint density at radius 3 is 2.39 bits per heavy atom. The molecule has 0 radical (unpaired) electrons. The lowest BCUT2D eigenvalue weighted by molar-refractivity contribution is -0.386. The van der Waals surface area contributed by atoms with Crippen LogP contribution in [0.2, 0.25) is 0 Å². The Balaban J connectivity index is 2.39. The minimum absolute atomic E-state index is 0.0833. The number of nitrogens with two attached hydrogens (primary N) is 1. The summed E-state index contributed by atoms with van der Waals surface area (Å²) in [6, 6.07) is 0. The second kappa shape index (κ2) is 3.59. The Hall–Kier alpha value is -2.31. The van der Waals surface area contributed by atoms with Crippen LogP contribution in [-0.2, 0) is 12.8 Å². The van der Waals surface area contributed by atoms with Crippen molar-refractivity contribution in [1.29, 1.82) is 0 Å². The Morgan fingerprint density at radius 1 is 1.17 bits per heavy atom. The molecule has 2 heterocycles. The van der Waals surface area contributed by atoms with Crippen molar-refractivity contribution < 1.29 is 19.2 Å². The second-order valence-electron chi connectivity index (χ2n) is 4.16. The van der Waals surface area contributed by atoms with Gasteiger partial charge >= 0.3 is 5.69 Å². The molecule has 2 aliphatic rings. The molecule has 0 aromatic heterocycles. The number of nitro groups is 1. The molecular formula is C11H10N2O5. The second-order valence-corrected chi connectivity index (χ2v) is 4.16. The molecule has 2 N–H and O–H groups in total. The van der Waals surface area contributed by atoms with Gasteiger partial charge in [0, 0.05) is 18.4 Å². The average molecular weight is 250 g/mol. The van der Waals surface area contributed by atoms with Crippen molar-refractivity contribution in [2.24, 2.45) is 5.73 Å². The van der Waals surface area contributed by atoms with E-state index >= 15 is 0 Å². The summed E-state index contributed by atoms with van der Waals surface area (Å²) in [6.07, 6.45) is 0.827. The highest BCUT2D eigenvalue weighted by Crippen LogP contribution is 2.48. The van der Waals surface area contributed by atoms with Crippen LogP contribution in [0, 0.1) is 10.1 Å². The summed E-state index contributed by atoms with van der Waals surface area (Å²) in [5.41, 5.74) is 6.40. The molecule has 0 aliphatic carbocycles. The number of carbonyl (C=O) groups is 1. The van der Waals surface area contributed by atoms with Crippen molar-refractivity contribution in [1.82, 2.24) is 0 Å². The summed E-state index contributed by atoms with van der Waals surface area (Å²) in [5, 5.41) is 11.2. The van der Waals surface area contributed by atoms with Crippen molar-refractivity contribution in [2.75, 3.05) is 13.2 Å². The summed E-state index contributed by atoms with van der Waals surface area (Å²) >= 11 is 0. The Morgan fingerprint density at radius 2 is 1.78 bits per heavy atom. The van der Waals surface area contributed by atoms with Gasteiger partial charge in [-0.05, 0) is 0 Å². The van der Waals surface area contributed by atoms with Crippen molar-refractivity contribution in [3.05, 3.63) is 26.8 Å². The molecule has 3 rings (SSSR count). The van der Waals surface area contributed by atoms with Crippen molar-refractivity contribution in [3.63, 3.8) is 0 Å². The third-order valence-corrected chi connectivity index (χ3v) is 3.20. The predicted molar refractivity (Wildman–Crippen MR) is 60.0 cm³/mol. The van der Waals surface area contributed by atoms with E-state index in [1.165, 1.54) is 0 Å². The van der Waals surface area contributed by atoms with E-state index in [4.69, 9.17) is 15.2 Å². The van der Waals surface area contributed by atoms with Gasteiger partial charge < -0.3 is 15.2 Å². The first-order valence-electron chi connectivity index (χ1n) is 5.52. The maximum Gasteiger partial charge on any atom is 0.318 e. The van der Waals surface area contributed by atoms with Gasteiger partial charge in [-0.25, -0.2) is 0 Å². The quantitative estimate of drug-likeness (QED) is 0.610. The van der Waals surface area contributed by atoms with Gasteiger partial charge in [-0.1, -0.05) is 0 Å². The number of carbonyl (C=O) groups excluding carboxylic acids is 1. The van der Waals surface area contributed by atoms with Gasteiger partial charge in [0.15, 0.2) is 0 Å². The smallest absolute Gasteiger partial charge is 0.318 e. The van der Waals surface area contributed by atoms with Gasteiger partial charge in [0.2, 0.25) is 5.75 Å². The summed E-state index contributed by atoms with van der Waals surface area (Å²) in [6.45, 7) is 0.638. The summed E-state index contributed by atoms with van der Waals surface area (Å²) in [7, 11) is 0. The molecule has 0 fully saturated rings. The third-order valence-electron chi connectivity index (χ3n) is 3.20. The number of ether oxygens (including phenoxy) is 2. The van der Waals surface area contributed by atoms with Crippen LogP contribution in [0.15, 0.2) is 0 Å². The van der Waals surface area contributed by atoms with E-state index in [1.54, 1.807) is 0 Å². The van der Waals surface area contributed by atoms with Crippen LogP contribution in [0.5, 0.6) is 11.5 Å². The Bertz CT molecular complexity index is 497. The SMILES string of the molecule is NC(=O)c1c2c(c([N+](=O)[O-])c3c1OCC3)OCC2. The van der Waals surface area contributed by atoms with Crippen LogP contribution >= 0.6 is 0 Å². The summed E-state index contributed by atoms with van der Waals surface area (Å²) in [4.78, 5) is 22.2. The van der Waals surface area contributed by atoms with Crippen LogP contribution in [0.4, 0.5) is 5.69 Å². The van der Waals surface area contributed by atoms with Crippen LogP contribution < -0.4 is 15.2 Å². The molecule has 0 bridgehead atoms. The Kier molecular flexibility index (Phi) is 2.16. The number of benzene rings is 1. The zero-order valence-electron chi connectivity index (χ0n) is 9.39. The fourth-order valence-corrected chi connectivity index (χ4v) is 2.54. The van der Waals surface area contributed by atoms with Crippen LogP contribution in [0.3, 0.4) is 0 Å². The molecule has 7 nitrogen and oxygen atoms in total. The maximum atomic E-state index is 11.5. The number of amides is 1. The molecule has 0 atom stereocenters. The highest BCUT2D eigenvalue weighted by molar-refractivity contribution is 6.00. The molecule has 0 unspecified atom stereocenters. The van der Waals surface area contributed by atoms with E-state index in [0.717, 1.165) is 0 Å². The minimum atomic E-state index is -0.634. The molecule has 1 aromatic carbocycles. The molecule has 1 aromatic rings. The minimum Gasteiger partial charge on any atom is -0.492 e. The van der Waals surface area contributed by atoms with E-state index in [0.29, 0.717) is 37.2 Å². The first-order valence-corrected chi connectivity index (χ1v) is 5.52. The largest absolute Gasteiger partial charge is 0.492 e. The number of hydrogen-bond acceptors (Lipinski definition) is 5. The van der Waals surface area contributed by atoms with E-state index in [2.05, 4.69) is 0 Å². The van der Waals surface area contributed by atoms with Gasteiger partial charge in [-0.15, -0.1) is 0 Å². The van der Waals surface area contributed by atoms with Gasteiger partial charge in [-0.3, -0.25) is 14.9 Å². The lowest BCUT2D eigenvalue weighted by Crippen LogP contribution is -2.15. The van der Waals surface area contributed by atoms with Gasteiger partial charge in [0.05, 0.1) is 29.3 Å². The lowest BCUT2D eigenvalue weighted by atomic mass is 9.97. The highest BCUT2D eigenvalue weighted by Gasteiger charge is 2.38. The number of primary amides is 1. The van der Waals surface area contributed by atoms with Crippen LogP contribution in [0.25, 0.3) is 0 Å². The topological polar surface area (TPSA) is 105 Å². The zero-order valence-corrected chi connectivity index (χ0v) is 9.39. The summed E-state index contributed by atoms with van der Waals surface area (Å²) < 4.78 is 10.6. The normalized spacial score (nSPS) is 15.6. The molecule has 0 saturated carbocycles. The Labute approximate surface area is 102 Å². The summed E-state index contributed by atoms with van der Waals surface area (Å²) in [5.74, 6) is -0.193. The van der Waals surface area contributed by atoms with Crippen LogP contribution in [0.1, 0.15) is 21.5 Å². The fraction of sp³-hybridized carbons (Fsp3) is 0.364. The van der Waals surface area contributed by atoms with Crippen molar-refractivity contribution >= 4 is 11.6 Å². The monoisotopic (exact) mass is 250 g/mol. The first-order chi connectivity index (χ1) is 8.61. The first kappa shape index (κ1) is 10.8. The average Bonchev–Trinajstić information content (AvgIpc) is 2.91. The number of nitrogens with zero attached hydrogens (tertiary/aromatic N) is 1. The van der Waals surface area contributed by atoms with Crippen molar-refractivity contribution in [3.8, 4) is 11.5 Å². The molecule has 1 amide bonds.